The van der Waals surface area contributed by atoms with E-state index in [4.69, 9.17) is 11.6 Å². The zero-order chi connectivity index (χ0) is 4.91. The van der Waals surface area contributed by atoms with Crippen molar-refractivity contribution in [1.82, 2.24) is 5.32 Å². The van der Waals surface area contributed by atoms with Crippen LogP contribution >= 0.6 is 11.6 Å². The first-order chi connectivity index (χ1) is 3.31. The molecule has 1 aliphatic heterocycles. The Morgan fingerprint density at radius 1 is 1.71 bits per heavy atom. The van der Waals surface area contributed by atoms with Crippen molar-refractivity contribution in [2.24, 2.45) is 5.92 Å². The number of hydrogen-bond donors (Lipinski definition) is 1. The Morgan fingerprint density at radius 2 is 2.57 bits per heavy atom. The van der Waals surface area contributed by atoms with Crippen LogP contribution in [0.25, 0.3) is 0 Å². The number of fused-ring (bicyclic) bond motifs is 1. The maximum absolute atomic E-state index is 5.98. The van der Waals surface area contributed by atoms with Gasteiger partial charge in [0.25, 0.3) is 0 Å². The summed E-state index contributed by atoms with van der Waals surface area (Å²) in [5.41, 5.74) is 0. The van der Waals surface area contributed by atoms with E-state index in [0.29, 0.717) is 0 Å². The average Bonchev–Trinajstić information content (AvgIpc) is 2.09. The molecule has 2 fully saturated rings. The largest absolute Gasteiger partial charge is 0.315 e. The molecule has 2 unspecified atom stereocenters. The minimum Gasteiger partial charge on any atom is -0.315 e. The first-order valence-electron chi connectivity index (χ1n) is 2.71. The van der Waals surface area contributed by atoms with E-state index in [1.54, 1.807) is 0 Å². The maximum atomic E-state index is 5.98. The van der Waals surface area contributed by atoms with Crippen LogP contribution in [0.3, 0.4) is 0 Å². The maximum Gasteiger partial charge on any atom is 0.0615 e. The third-order valence-electron chi connectivity index (χ3n) is 1.97. The van der Waals surface area contributed by atoms with Crippen molar-refractivity contribution in [3.8, 4) is 0 Å². The van der Waals surface area contributed by atoms with E-state index in [2.05, 4.69) is 5.32 Å². The fourth-order valence-corrected chi connectivity index (χ4v) is 1.63. The molecule has 1 N–H and O–H groups in total. The van der Waals surface area contributed by atoms with Crippen LogP contribution in [-0.2, 0) is 0 Å². The van der Waals surface area contributed by atoms with Gasteiger partial charge in [0, 0.05) is 6.54 Å². The molecule has 0 amide bonds. The molecule has 1 heterocycles. The van der Waals surface area contributed by atoms with E-state index in [1.165, 1.54) is 6.42 Å². The van der Waals surface area contributed by atoms with Gasteiger partial charge in [-0.25, -0.2) is 0 Å². The molecule has 2 heteroatoms. The molecule has 40 valence electrons. The molecular weight excluding hydrogens is 110 g/mol. The van der Waals surface area contributed by atoms with E-state index >= 15 is 0 Å². The summed E-state index contributed by atoms with van der Waals surface area (Å²) < 4.78 is 0. The second kappa shape index (κ2) is 0.981. The zero-order valence-corrected chi connectivity index (χ0v) is 4.83. The van der Waals surface area contributed by atoms with Gasteiger partial charge in [0.1, 0.15) is 0 Å². The number of hydrogen-bond acceptors (Lipinski definition) is 1. The highest BCUT2D eigenvalue weighted by Gasteiger charge is 2.55. The van der Waals surface area contributed by atoms with Crippen molar-refractivity contribution < 1.29 is 0 Å². The van der Waals surface area contributed by atoms with Crippen LogP contribution in [-0.4, -0.2) is 18.0 Å². The van der Waals surface area contributed by atoms with Crippen LogP contribution in [0.1, 0.15) is 6.42 Å². The van der Waals surface area contributed by atoms with Gasteiger partial charge in [-0.1, -0.05) is 0 Å². The lowest BCUT2D eigenvalue weighted by atomic mass is 10.4. The monoisotopic (exact) mass is 117 g/mol. The van der Waals surface area contributed by atoms with Crippen molar-refractivity contribution in [1.29, 1.82) is 0 Å². The second-order valence-corrected chi connectivity index (χ2v) is 3.32. The summed E-state index contributed by atoms with van der Waals surface area (Å²) in [6.07, 6.45) is 1.25. The summed E-state index contributed by atoms with van der Waals surface area (Å²) >= 11 is 5.98. The highest BCUT2D eigenvalue weighted by atomic mass is 35.5. The lowest BCUT2D eigenvalue weighted by molar-refractivity contribution is 0.738. The van der Waals surface area contributed by atoms with Crippen molar-refractivity contribution in [3.63, 3.8) is 0 Å². The van der Waals surface area contributed by atoms with Gasteiger partial charge in [-0.05, 0) is 18.9 Å². The minimum absolute atomic E-state index is 0.222. The fourth-order valence-electron chi connectivity index (χ4n) is 1.28. The average molecular weight is 118 g/mol. The first kappa shape index (κ1) is 4.16. The van der Waals surface area contributed by atoms with Gasteiger partial charge in [0.2, 0.25) is 0 Å². The predicted octanol–water partition coefficient (Wildman–Crippen LogP) is 0.587. The molecule has 0 aromatic carbocycles. The molecule has 7 heavy (non-hydrogen) atoms. The van der Waals surface area contributed by atoms with Gasteiger partial charge in [-0.2, -0.15) is 0 Å². The molecule has 2 aliphatic rings. The molecule has 2 rings (SSSR count). The third kappa shape index (κ3) is 0.428. The first-order valence-corrected chi connectivity index (χ1v) is 3.09. The van der Waals surface area contributed by atoms with E-state index in [0.717, 1.165) is 19.0 Å². The summed E-state index contributed by atoms with van der Waals surface area (Å²) in [6, 6.07) is 0. The van der Waals surface area contributed by atoms with E-state index < -0.39 is 0 Å². The van der Waals surface area contributed by atoms with Crippen LogP contribution in [0.15, 0.2) is 0 Å². The molecule has 0 spiro atoms. The lowest BCUT2D eigenvalue weighted by Crippen LogP contribution is -2.15. The Balaban J connectivity index is 2.17. The fraction of sp³-hybridized carbons (Fsp3) is 1.00. The highest BCUT2D eigenvalue weighted by Crippen LogP contribution is 2.51. The number of rotatable bonds is 0. The van der Waals surface area contributed by atoms with Crippen LogP contribution < -0.4 is 5.32 Å². The number of nitrogens with one attached hydrogen (secondary N) is 1. The molecule has 0 aromatic rings. The normalized spacial score (nSPS) is 57.0. The van der Waals surface area contributed by atoms with Gasteiger partial charge in [-0.3, -0.25) is 0 Å². The van der Waals surface area contributed by atoms with Gasteiger partial charge < -0.3 is 5.32 Å². The van der Waals surface area contributed by atoms with Gasteiger partial charge in [-0.15, -0.1) is 11.6 Å². The quantitative estimate of drug-likeness (QED) is 0.458. The number of halogens is 1. The zero-order valence-electron chi connectivity index (χ0n) is 4.08. The van der Waals surface area contributed by atoms with Gasteiger partial charge in [0.15, 0.2) is 0 Å². The van der Waals surface area contributed by atoms with Gasteiger partial charge in [0.05, 0.1) is 4.87 Å². The Kier molecular flexibility index (Phi) is 0.583. The minimum atomic E-state index is 0.222. The van der Waals surface area contributed by atoms with Crippen molar-refractivity contribution in [2.75, 3.05) is 13.1 Å². The Bertz CT molecular complexity index is 102. The van der Waals surface area contributed by atoms with Crippen LogP contribution in [0, 0.1) is 5.92 Å². The van der Waals surface area contributed by atoms with E-state index in [9.17, 15) is 0 Å². The van der Waals surface area contributed by atoms with Crippen LogP contribution in [0.4, 0.5) is 0 Å². The molecule has 1 aliphatic carbocycles. The Labute approximate surface area is 48.0 Å². The molecule has 1 nitrogen and oxygen atoms in total. The second-order valence-electron chi connectivity index (χ2n) is 2.57. The Morgan fingerprint density at radius 3 is 2.71 bits per heavy atom. The standard InChI is InChI=1S/C5H8ClN/c6-5-1-4(5)2-7-3-5/h4,7H,1-3H2. The van der Waals surface area contributed by atoms with Crippen LogP contribution in [0.2, 0.25) is 0 Å². The summed E-state index contributed by atoms with van der Waals surface area (Å²) in [7, 11) is 0. The molecule has 0 bridgehead atoms. The number of alkyl halides is 1. The summed E-state index contributed by atoms with van der Waals surface area (Å²) in [6.45, 7) is 2.20. The molecule has 1 saturated heterocycles. The van der Waals surface area contributed by atoms with Crippen molar-refractivity contribution >= 4 is 11.6 Å². The van der Waals surface area contributed by atoms with Gasteiger partial charge >= 0.3 is 0 Å². The van der Waals surface area contributed by atoms with E-state index in [1.807, 2.05) is 0 Å². The van der Waals surface area contributed by atoms with Crippen molar-refractivity contribution in [2.45, 2.75) is 11.3 Å². The Hall–Kier alpha value is 0.250. The molecule has 0 aromatic heterocycles. The molecule has 0 radical (unpaired) electrons. The summed E-state index contributed by atoms with van der Waals surface area (Å²) in [4.78, 5) is 0.222. The predicted molar refractivity (Wildman–Crippen MR) is 29.6 cm³/mol. The smallest absolute Gasteiger partial charge is 0.0615 e. The molecule has 1 saturated carbocycles. The third-order valence-corrected chi connectivity index (χ3v) is 2.56. The van der Waals surface area contributed by atoms with E-state index in [-0.39, 0.29) is 4.87 Å². The highest BCUT2D eigenvalue weighted by molar-refractivity contribution is 6.26. The molecular formula is C5H8ClN. The summed E-state index contributed by atoms with van der Waals surface area (Å²) in [5.74, 6) is 0.814. The summed E-state index contributed by atoms with van der Waals surface area (Å²) in [5, 5.41) is 3.23. The van der Waals surface area contributed by atoms with Crippen molar-refractivity contribution in [3.05, 3.63) is 0 Å². The topological polar surface area (TPSA) is 12.0 Å². The molecule has 2 atom stereocenters. The number of piperidine rings is 1. The SMILES string of the molecule is ClC12CNCC1C2. The lowest BCUT2D eigenvalue weighted by Gasteiger charge is -1.95. The van der Waals surface area contributed by atoms with Crippen LogP contribution in [0.5, 0.6) is 0 Å².